The number of hydrogen-bond acceptors (Lipinski definition) is 3. The lowest BCUT2D eigenvalue weighted by Crippen LogP contribution is -2.25. The molecular weight excluding hydrogens is 230 g/mol. The van der Waals surface area contributed by atoms with Gasteiger partial charge in [-0.25, -0.2) is 5.48 Å². The highest BCUT2D eigenvalue weighted by atomic mass is 35.5. The quantitative estimate of drug-likeness (QED) is 0.799. The summed E-state index contributed by atoms with van der Waals surface area (Å²) in [4.78, 5) is 16.5. The summed E-state index contributed by atoms with van der Waals surface area (Å²) in [5.74, 6) is -0.167. The minimum atomic E-state index is -0.471. The first-order chi connectivity index (χ1) is 7.50. The van der Waals surface area contributed by atoms with Crippen molar-refractivity contribution in [3.63, 3.8) is 0 Å². The average molecular weight is 244 g/mol. The first kappa shape index (κ1) is 12.8. The zero-order valence-corrected chi connectivity index (χ0v) is 9.91. The minimum Gasteiger partial charge on any atom is -0.508 e. The van der Waals surface area contributed by atoms with Crippen molar-refractivity contribution in [2.75, 3.05) is 6.61 Å². The van der Waals surface area contributed by atoms with Gasteiger partial charge in [-0.05, 0) is 24.1 Å². The van der Waals surface area contributed by atoms with Gasteiger partial charge in [-0.1, -0.05) is 25.4 Å². The molecule has 0 unspecified atom stereocenters. The summed E-state index contributed by atoms with van der Waals surface area (Å²) in [5.41, 5.74) is 2.45. The van der Waals surface area contributed by atoms with Gasteiger partial charge in [0.2, 0.25) is 0 Å². The van der Waals surface area contributed by atoms with Crippen molar-refractivity contribution in [3.8, 4) is 5.75 Å². The molecule has 16 heavy (non-hydrogen) atoms. The van der Waals surface area contributed by atoms with Crippen LogP contribution in [-0.2, 0) is 4.84 Å². The molecular formula is C11H14ClNO3. The molecule has 88 valence electrons. The molecule has 1 aromatic rings. The third kappa shape index (κ3) is 3.72. The summed E-state index contributed by atoms with van der Waals surface area (Å²) in [7, 11) is 0. The Bertz CT molecular complexity index is 379. The highest BCUT2D eigenvalue weighted by Crippen LogP contribution is 2.20. The summed E-state index contributed by atoms with van der Waals surface area (Å²) in [6.07, 6.45) is 0. The molecule has 0 heterocycles. The topological polar surface area (TPSA) is 58.6 Å². The molecule has 0 saturated heterocycles. The molecule has 0 fully saturated rings. The van der Waals surface area contributed by atoms with E-state index in [1.54, 1.807) is 0 Å². The smallest absolute Gasteiger partial charge is 0.276 e. The number of rotatable bonds is 4. The van der Waals surface area contributed by atoms with E-state index in [-0.39, 0.29) is 16.3 Å². The molecule has 0 bridgehead atoms. The number of halogens is 1. The molecule has 0 atom stereocenters. The number of nitrogens with one attached hydrogen (secondary N) is 1. The van der Waals surface area contributed by atoms with Gasteiger partial charge in [0.05, 0.1) is 17.2 Å². The van der Waals surface area contributed by atoms with Crippen LogP contribution < -0.4 is 5.48 Å². The lowest BCUT2D eigenvalue weighted by Gasteiger charge is -2.08. The molecule has 1 rings (SSSR count). The van der Waals surface area contributed by atoms with E-state index in [4.69, 9.17) is 16.4 Å². The van der Waals surface area contributed by atoms with Gasteiger partial charge in [0.15, 0.2) is 0 Å². The normalized spacial score (nSPS) is 10.5. The molecule has 1 amide bonds. The molecule has 0 aliphatic carbocycles. The Morgan fingerprint density at radius 3 is 2.88 bits per heavy atom. The minimum absolute atomic E-state index is 0.0154. The number of amides is 1. The number of carbonyl (C=O) groups is 1. The van der Waals surface area contributed by atoms with Gasteiger partial charge in [0.1, 0.15) is 5.75 Å². The fourth-order valence-electron chi connectivity index (χ4n) is 1.02. The van der Waals surface area contributed by atoms with E-state index >= 15 is 0 Å². The van der Waals surface area contributed by atoms with Gasteiger partial charge >= 0.3 is 0 Å². The van der Waals surface area contributed by atoms with Crippen molar-refractivity contribution < 1.29 is 14.7 Å². The van der Waals surface area contributed by atoms with Crippen molar-refractivity contribution in [2.45, 2.75) is 13.8 Å². The lowest BCUT2D eigenvalue weighted by atomic mass is 10.2. The molecule has 5 heteroatoms. The van der Waals surface area contributed by atoms with Gasteiger partial charge in [-0.2, -0.15) is 0 Å². The Morgan fingerprint density at radius 1 is 1.56 bits per heavy atom. The van der Waals surface area contributed by atoms with E-state index in [1.807, 2.05) is 13.8 Å². The van der Waals surface area contributed by atoms with Gasteiger partial charge < -0.3 is 5.11 Å². The van der Waals surface area contributed by atoms with Crippen LogP contribution in [0.25, 0.3) is 0 Å². The maximum absolute atomic E-state index is 11.6. The maximum Gasteiger partial charge on any atom is 0.276 e. The first-order valence-corrected chi connectivity index (χ1v) is 5.29. The Hall–Kier alpha value is -1.26. The highest BCUT2D eigenvalue weighted by Gasteiger charge is 2.11. The number of carbonyl (C=O) groups excluding carboxylic acids is 1. The third-order valence-electron chi connectivity index (χ3n) is 1.78. The van der Waals surface area contributed by atoms with Crippen LogP contribution in [-0.4, -0.2) is 17.6 Å². The molecule has 0 radical (unpaired) electrons. The fourth-order valence-corrected chi connectivity index (χ4v) is 1.22. The second kappa shape index (κ2) is 5.72. The Morgan fingerprint density at radius 2 is 2.25 bits per heavy atom. The number of phenolic OH excluding ortho intramolecular Hbond substituents is 1. The van der Waals surface area contributed by atoms with Crippen molar-refractivity contribution in [2.24, 2.45) is 5.92 Å². The largest absolute Gasteiger partial charge is 0.508 e. The predicted molar refractivity (Wildman–Crippen MR) is 61.4 cm³/mol. The maximum atomic E-state index is 11.6. The van der Waals surface area contributed by atoms with Crippen LogP contribution in [0, 0.1) is 5.92 Å². The second-order valence-corrected chi connectivity index (χ2v) is 4.21. The average Bonchev–Trinajstić information content (AvgIpc) is 2.21. The summed E-state index contributed by atoms with van der Waals surface area (Å²) in [6.45, 7) is 4.35. The van der Waals surface area contributed by atoms with Crippen molar-refractivity contribution in [3.05, 3.63) is 28.8 Å². The number of hydrogen-bond donors (Lipinski definition) is 2. The predicted octanol–water partition coefficient (Wildman–Crippen LogP) is 2.36. The van der Waals surface area contributed by atoms with E-state index in [0.717, 1.165) is 0 Å². The van der Waals surface area contributed by atoms with Crippen molar-refractivity contribution in [1.82, 2.24) is 5.48 Å². The van der Waals surface area contributed by atoms with Crippen LogP contribution in [0.4, 0.5) is 0 Å². The summed E-state index contributed by atoms with van der Waals surface area (Å²) >= 11 is 5.81. The van der Waals surface area contributed by atoms with Gasteiger partial charge in [0, 0.05) is 0 Å². The van der Waals surface area contributed by atoms with Crippen LogP contribution >= 0.6 is 11.6 Å². The molecule has 4 nitrogen and oxygen atoms in total. The standard InChI is InChI=1S/C11H14ClNO3/c1-7(2)6-16-13-11(15)9-5-8(14)3-4-10(9)12/h3-5,7,14H,6H2,1-2H3,(H,13,15). The van der Waals surface area contributed by atoms with Gasteiger partial charge in [-0.15, -0.1) is 0 Å². The molecule has 0 aliphatic rings. The summed E-state index contributed by atoms with van der Waals surface area (Å²) in [5, 5.41) is 9.49. The van der Waals surface area contributed by atoms with Crippen molar-refractivity contribution >= 4 is 17.5 Å². The van der Waals surface area contributed by atoms with E-state index in [2.05, 4.69) is 5.48 Å². The molecule has 0 spiro atoms. The molecule has 1 aromatic carbocycles. The zero-order chi connectivity index (χ0) is 12.1. The summed E-state index contributed by atoms with van der Waals surface area (Å²) < 4.78 is 0. The SMILES string of the molecule is CC(C)CONC(=O)c1cc(O)ccc1Cl. The monoisotopic (exact) mass is 243 g/mol. The van der Waals surface area contributed by atoms with Crippen LogP contribution in [0.3, 0.4) is 0 Å². The van der Waals surface area contributed by atoms with E-state index in [0.29, 0.717) is 12.5 Å². The molecule has 2 N–H and O–H groups in total. The van der Waals surface area contributed by atoms with Crippen molar-refractivity contribution in [1.29, 1.82) is 0 Å². The number of hydroxylamine groups is 1. The summed E-state index contributed by atoms with van der Waals surface area (Å²) in [6, 6.07) is 4.15. The Kier molecular flexibility index (Phi) is 4.58. The highest BCUT2D eigenvalue weighted by molar-refractivity contribution is 6.33. The van der Waals surface area contributed by atoms with Crippen LogP contribution in [0.1, 0.15) is 24.2 Å². The second-order valence-electron chi connectivity index (χ2n) is 3.80. The lowest BCUT2D eigenvalue weighted by molar-refractivity contribution is 0.0208. The van der Waals surface area contributed by atoms with Crippen LogP contribution in [0.5, 0.6) is 5.75 Å². The Balaban J connectivity index is 2.62. The first-order valence-electron chi connectivity index (χ1n) is 4.91. The Labute approximate surface area is 99.1 Å². The van der Waals surface area contributed by atoms with Crippen LogP contribution in [0.15, 0.2) is 18.2 Å². The van der Waals surface area contributed by atoms with Crippen LogP contribution in [0.2, 0.25) is 5.02 Å². The van der Waals surface area contributed by atoms with E-state index in [9.17, 15) is 9.90 Å². The molecule has 0 aromatic heterocycles. The van der Waals surface area contributed by atoms with Gasteiger partial charge in [-0.3, -0.25) is 9.63 Å². The zero-order valence-electron chi connectivity index (χ0n) is 9.16. The molecule has 0 saturated carbocycles. The van der Waals surface area contributed by atoms with E-state index < -0.39 is 5.91 Å². The number of phenols is 1. The van der Waals surface area contributed by atoms with Gasteiger partial charge in [0.25, 0.3) is 5.91 Å². The number of benzene rings is 1. The van der Waals surface area contributed by atoms with E-state index in [1.165, 1.54) is 18.2 Å². The number of aromatic hydroxyl groups is 1. The third-order valence-corrected chi connectivity index (χ3v) is 2.11. The molecule has 0 aliphatic heterocycles. The fraction of sp³-hybridized carbons (Fsp3) is 0.364.